The van der Waals surface area contributed by atoms with Crippen LogP contribution in [0.25, 0.3) is 10.9 Å². The van der Waals surface area contributed by atoms with Gasteiger partial charge in [-0.2, -0.15) is 0 Å². The number of fused-ring (bicyclic) bond motifs is 1. The summed E-state index contributed by atoms with van der Waals surface area (Å²) in [6, 6.07) is 7.78. The van der Waals surface area contributed by atoms with Crippen LogP contribution in [0, 0.1) is 0 Å². The molecule has 0 unspecified atom stereocenters. The fraction of sp³-hybridized carbons (Fsp3) is 0.200. The molecular formula is C10H11N3O. The van der Waals surface area contributed by atoms with Crippen LogP contribution in [0.15, 0.2) is 30.5 Å². The average molecular weight is 189 g/mol. The molecule has 1 aromatic heterocycles. The molecule has 0 fully saturated rings. The van der Waals surface area contributed by atoms with Crippen molar-refractivity contribution in [3.8, 4) is 0 Å². The van der Waals surface area contributed by atoms with Crippen LogP contribution in [-0.2, 0) is 0 Å². The van der Waals surface area contributed by atoms with Crippen molar-refractivity contribution in [2.24, 2.45) is 0 Å². The van der Waals surface area contributed by atoms with Crippen LogP contribution >= 0.6 is 0 Å². The van der Waals surface area contributed by atoms with Gasteiger partial charge in [0.25, 0.3) is 0 Å². The third-order valence-corrected chi connectivity index (χ3v) is 1.88. The predicted octanol–water partition coefficient (Wildman–Crippen LogP) is 1.03. The summed E-state index contributed by atoms with van der Waals surface area (Å²) in [4.78, 5) is 8.39. The normalized spacial score (nSPS) is 10.4. The first-order valence-corrected chi connectivity index (χ1v) is 4.46. The number of hydrogen-bond acceptors (Lipinski definition) is 4. The van der Waals surface area contributed by atoms with E-state index < -0.39 is 0 Å². The van der Waals surface area contributed by atoms with Gasteiger partial charge in [-0.25, -0.2) is 9.97 Å². The molecule has 0 spiro atoms. The summed E-state index contributed by atoms with van der Waals surface area (Å²) in [6.45, 7) is 0.550. The lowest BCUT2D eigenvalue weighted by Gasteiger charge is -2.02. The maximum absolute atomic E-state index is 8.62. The fourth-order valence-electron chi connectivity index (χ4n) is 1.23. The van der Waals surface area contributed by atoms with E-state index >= 15 is 0 Å². The van der Waals surface area contributed by atoms with Crippen molar-refractivity contribution in [3.05, 3.63) is 30.5 Å². The van der Waals surface area contributed by atoms with Gasteiger partial charge < -0.3 is 10.4 Å². The number of anilines is 1. The standard InChI is InChI=1S/C10H11N3O/c14-6-5-11-10-12-7-8-3-1-2-4-9(8)13-10/h1-4,7,14H,5-6H2,(H,11,12,13). The van der Waals surface area contributed by atoms with Crippen LogP contribution in [0.2, 0.25) is 0 Å². The predicted molar refractivity (Wildman–Crippen MR) is 55.1 cm³/mol. The van der Waals surface area contributed by atoms with Crippen LogP contribution in [0.1, 0.15) is 0 Å². The summed E-state index contributed by atoms with van der Waals surface area (Å²) in [5.74, 6) is 0.553. The van der Waals surface area contributed by atoms with E-state index in [1.807, 2.05) is 24.3 Å². The van der Waals surface area contributed by atoms with E-state index in [0.717, 1.165) is 10.9 Å². The molecule has 0 radical (unpaired) electrons. The summed E-state index contributed by atoms with van der Waals surface area (Å²) < 4.78 is 0. The molecule has 0 aliphatic heterocycles. The van der Waals surface area contributed by atoms with Gasteiger partial charge in [0.2, 0.25) is 5.95 Å². The number of nitrogens with one attached hydrogen (secondary N) is 1. The Bertz CT molecular complexity index is 430. The van der Waals surface area contributed by atoms with Crippen LogP contribution in [0.5, 0.6) is 0 Å². The minimum Gasteiger partial charge on any atom is -0.395 e. The first kappa shape index (κ1) is 8.90. The highest BCUT2D eigenvalue weighted by atomic mass is 16.3. The molecule has 4 heteroatoms. The zero-order chi connectivity index (χ0) is 9.80. The average Bonchev–Trinajstić information content (AvgIpc) is 2.26. The summed E-state index contributed by atoms with van der Waals surface area (Å²) in [6.07, 6.45) is 1.77. The smallest absolute Gasteiger partial charge is 0.223 e. The highest BCUT2D eigenvalue weighted by Crippen LogP contribution is 2.11. The Morgan fingerprint density at radius 2 is 2.14 bits per heavy atom. The third kappa shape index (κ3) is 1.80. The highest BCUT2D eigenvalue weighted by molar-refractivity contribution is 5.78. The minimum absolute atomic E-state index is 0.0796. The van der Waals surface area contributed by atoms with Gasteiger partial charge in [0.05, 0.1) is 12.1 Å². The fourth-order valence-corrected chi connectivity index (χ4v) is 1.23. The lowest BCUT2D eigenvalue weighted by atomic mass is 10.2. The van der Waals surface area contributed by atoms with Gasteiger partial charge >= 0.3 is 0 Å². The lowest BCUT2D eigenvalue weighted by Crippen LogP contribution is -2.08. The molecule has 0 atom stereocenters. The van der Waals surface area contributed by atoms with Gasteiger partial charge in [0, 0.05) is 18.1 Å². The Kier molecular flexibility index (Phi) is 2.55. The molecule has 0 aliphatic carbocycles. The van der Waals surface area contributed by atoms with E-state index in [1.165, 1.54) is 0 Å². The van der Waals surface area contributed by atoms with Crippen LogP contribution < -0.4 is 5.32 Å². The van der Waals surface area contributed by atoms with Gasteiger partial charge in [-0.05, 0) is 6.07 Å². The molecule has 4 nitrogen and oxygen atoms in total. The number of rotatable bonds is 3. The number of benzene rings is 1. The Hall–Kier alpha value is -1.68. The molecule has 0 saturated carbocycles. The van der Waals surface area contributed by atoms with Gasteiger partial charge in [0.1, 0.15) is 0 Å². The largest absolute Gasteiger partial charge is 0.395 e. The molecule has 0 saturated heterocycles. The van der Waals surface area contributed by atoms with Crippen molar-refractivity contribution in [2.45, 2.75) is 0 Å². The van der Waals surface area contributed by atoms with E-state index in [1.54, 1.807) is 6.20 Å². The van der Waals surface area contributed by atoms with Gasteiger partial charge in [-0.1, -0.05) is 18.2 Å². The minimum atomic E-state index is 0.0796. The molecule has 0 bridgehead atoms. The van der Waals surface area contributed by atoms with E-state index in [0.29, 0.717) is 12.5 Å². The maximum Gasteiger partial charge on any atom is 0.223 e. The molecule has 14 heavy (non-hydrogen) atoms. The Morgan fingerprint density at radius 1 is 1.29 bits per heavy atom. The zero-order valence-corrected chi connectivity index (χ0v) is 7.64. The molecular weight excluding hydrogens is 178 g/mol. The summed E-state index contributed by atoms with van der Waals surface area (Å²) >= 11 is 0. The number of aliphatic hydroxyl groups is 1. The van der Waals surface area contributed by atoms with Gasteiger partial charge in [-0.3, -0.25) is 0 Å². The van der Waals surface area contributed by atoms with Crippen LogP contribution in [0.4, 0.5) is 5.95 Å². The Balaban J connectivity index is 2.32. The molecule has 2 rings (SSSR count). The van der Waals surface area contributed by atoms with E-state index in [-0.39, 0.29) is 6.61 Å². The number of para-hydroxylation sites is 1. The van der Waals surface area contributed by atoms with E-state index in [2.05, 4.69) is 15.3 Å². The highest BCUT2D eigenvalue weighted by Gasteiger charge is 1.97. The molecule has 2 N–H and O–H groups in total. The Morgan fingerprint density at radius 3 is 3.00 bits per heavy atom. The summed E-state index contributed by atoms with van der Waals surface area (Å²) in [5.41, 5.74) is 0.905. The number of aromatic nitrogens is 2. The van der Waals surface area contributed by atoms with Crippen LogP contribution in [-0.4, -0.2) is 28.2 Å². The second-order valence-corrected chi connectivity index (χ2v) is 2.90. The monoisotopic (exact) mass is 189 g/mol. The lowest BCUT2D eigenvalue weighted by molar-refractivity contribution is 0.311. The second-order valence-electron chi connectivity index (χ2n) is 2.90. The van der Waals surface area contributed by atoms with Crippen molar-refractivity contribution in [3.63, 3.8) is 0 Å². The van der Waals surface area contributed by atoms with Crippen LogP contribution in [0.3, 0.4) is 0 Å². The number of aliphatic hydroxyl groups excluding tert-OH is 1. The molecule has 0 amide bonds. The first-order chi connectivity index (χ1) is 6.90. The SMILES string of the molecule is OCCNc1ncc2ccccc2n1. The number of hydrogen-bond donors (Lipinski definition) is 2. The quantitative estimate of drug-likeness (QED) is 0.757. The molecule has 72 valence electrons. The maximum atomic E-state index is 8.62. The molecule has 0 aliphatic rings. The molecule has 1 aromatic carbocycles. The molecule has 1 heterocycles. The van der Waals surface area contributed by atoms with Gasteiger partial charge in [0.15, 0.2) is 0 Å². The zero-order valence-electron chi connectivity index (χ0n) is 7.64. The van der Waals surface area contributed by atoms with Crippen molar-refractivity contribution < 1.29 is 5.11 Å². The van der Waals surface area contributed by atoms with Crippen molar-refractivity contribution in [1.82, 2.24) is 9.97 Å². The van der Waals surface area contributed by atoms with Gasteiger partial charge in [-0.15, -0.1) is 0 Å². The topological polar surface area (TPSA) is 58.0 Å². The molecule has 2 aromatic rings. The van der Waals surface area contributed by atoms with E-state index in [9.17, 15) is 0 Å². The third-order valence-electron chi connectivity index (χ3n) is 1.88. The van der Waals surface area contributed by atoms with E-state index in [4.69, 9.17) is 5.11 Å². The first-order valence-electron chi connectivity index (χ1n) is 4.46. The summed E-state index contributed by atoms with van der Waals surface area (Å²) in [5, 5.41) is 12.6. The number of nitrogens with zero attached hydrogens (tertiary/aromatic N) is 2. The Labute approximate surface area is 81.6 Å². The van der Waals surface area contributed by atoms with Crippen molar-refractivity contribution in [2.75, 3.05) is 18.5 Å². The van der Waals surface area contributed by atoms with Crippen molar-refractivity contribution >= 4 is 16.9 Å². The second kappa shape index (κ2) is 4.02. The summed E-state index contributed by atoms with van der Waals surface area (Å²) in [7, 11) is 0. The van der Waals surface area contributed by atoms with Crippen molar-refractivity contribution in [1.29, 1.82) is 0 Å².